The average Bonchev–Trinajstić information content (AvgIpc) is 2.39. The summed E-state index contributed by atoms with van der Waals surface area (Å²) in [5.41, 5.74) is 2.76. The number of methoxy groups -OCH3 is 1. The Balaban J connectivity index is 2.40. The van der Waals surface area contributed by atoms with Crippen LogP contribution in [0.4, 0.5) is 0 Å². The second-order valence-electron chi connectivity index (χ2n) is 4.46. The molecule has 1 aromatic carbocycles. The van der Waals surface area contributed by atoms with E-state index in [-0.39, 0.29) is 5.56 Å². The fourth-order valence-electron chi connectivity index (χ4n) is 2.04. The van der Waals surface area contributed by atoms with Crippen molar-refractivity contribution in [3.63, 3.8) is 0 Å². The van der Waals surface area contributed by atoms with Crippen molar-refractivity contribution < 1.29 is 4.74 Å². The molecule has 0 bridgehead atoms. The Bertz CT molecular complexity index is 605. The molecule has 1 aromatic heterocycles. The van der Waals surface area contributed by atoms with Gasteiger partial charge >= 0.3 is 0 Å². The van der Waals surface area contributed by atoms with Gasteiger partial charge in [0.2, 0.25) is 0 Å². The lowest BCUT2D eigenvalue weighted by atomic mass is 10.0. The van der Waals surface area contributed by atoms with Crippen LogP contribution in [0, 0.1) is 0 Å². The van der Waals surface area contributed by atoms with Crippen molar-refractivity contribution in [1.82, 2.24) is 9.97 Å². The zero-order valence-corrected chi connectivity index (χ0v) is 11.3. The maximum atomic E-state index is 11.6. The van der Waals surface area contributed by atoms with E-state index in [1.54, 1.807) is 7.11 Å². The van der Waals surface area contributed by atoms with E-state index in [2.05, 4.69) is 29.0 Å². The molecule has 0 aliphatic carbocycles. The summed E-state index contributed by atoms with van der Waals surface area (Å²) in [6.07, 6.45) is 2.13. The van der Waals surface area contributed by atoms with Crippen LogP contribution in [-0.4, -0.2) is 17.1 Å². The first-order valence-corrected chi connectivity index (χ1v) is 6.41. The molecule has 0 aliphatic heterocycles. The molecule has 0 radical (unpaired) electrons. The van der Waals surface area contributed by atoms with Crippen molar-refractivity contribution in [2.45, 2.75) is 26.4 Å². The summed E-state index contributed by atoms with van der Waals surface area (Å²) in [7, 11) is 1.58. The molecule has 1 N–H and O–H groups in total. The van der Waals surface area contributed by atoms with E-state index >= 15 is 0 Å². The minimum atomic E-state index is -0.155. The number of nitrogens with zero attached hydrogens (tertiary/aromatic N) is 1. The highest BCUT2D eigenvalue weighted by Gasteiger charge is 2.04. The minimum Gasteiger partial charge on any atom is -0.377 e. The van der Waals surface area contributed by atoms with Gasteiger partial charge in [-0.1, -0.05) is 31.5 Å². The van der Waals surface area contributed by atoms with Gasteiger partial charge in [-0.15, -0.1) is 0 Å². The molecule has 4 nitrogen and oxygen atoms in total. The van der Waals surface area contributed by atoms with Gasteiger partial charge in [-0.2, -0.15) is 0 Å². The molecule has 2 rings (SSSR count). The number of nitrogens with one attached hydrogen (secondary N) is 1. The SMILES string of the molecule is CCCc1cccc(-c2cc(=O)[nH]c(COC)n2)c1. The highest BCUT2D eigenvalue weighted by atomic mass is 16.5. The van der Waals surface area contributed by atoms with Gasteiger partial charge in [-0.05, 0) is 18.1 Å². The van der Waals surface area contributed by atoms with E-state index in [1.807, 2.05) is 12.1 Å². The predicted octanol–water partition coefficient (Wildman–Crippen LogP) is 2.54. The Labute approximate surface area is 112 Å². The molecule has 2 aromatic rings. The lowest BCUT2D eigenvalue weighted by Crippen LogP contribution is -2.11. The van der Waals surface area contributed by atoms with Gasteiger partial charge in [-0.25, -0.2) is 4.98 Å². The van der Waals surface area contributed by atoms with Gasteiger partial charge in [0.05, 0.1) is 5.69 Å². The molecule has 0 unspecified atom stereocenters. The van der Waals surface area contributed by atoms with E-state index in [1.165, 1.54) is 11.6 Å². The van der Waals surface area contributed by atoms with Crippen molar-refractivity contribution in [2.24, 2.45) is 0 Å². The van der Waals surface area contributed by atoms with Crippen molar-refractivity contribution in [1.29, 1.82) is 0 Å². The van der Waals surface area contributed by atoms with E-state index < -0.39 is 0 Å². The first-order chi connectivity index (χ1) is 9.22. The molecule has 0 saturated heterocycles. The second-order valence-corrected chi connectivity index (χ2v) is 4.46. The Morgan fingerprint density at radius 1 is 1.32 bits per heavy atom. The summed E-state index contributed by atoms with van der Waals surface area (Å²) in [5.74, 6) is 0.547. The van der Waals surface area contributed by atoms with Crippen LogP contribution in [0.3, 0.4) is 0 Å². The van der Waals surface area contributed by atoms with Crippen LogP contribution in [-0.2, 0) is 17.8 Å². The quantitative estimate of drug-likeness (QED) is 0.896. The van der Waals surface area contributed by atoms with Gasteiger partial charge in [0, 0.05) is 18.7 Å². The van der Waals surface area contributed by atoms with Crippen LogP contribution in [0.5, 0.6) is 0 Å². The van der Waals surface area contributed by atoms with Crippen LogP contribution >= 0.6 is 0 Å². The molecule has 0 fully saturated rings. The fourth-order valence-corrected chi connectivity index (χ4v) is 2.04. The number of H-pyrrole nitrogens is 1. The second kappa shape index (κ2) is 6.29. The maximum absolute atomic E-state index is 11.6. The number of aromatic amines is 1. The first-order valence-electron chi connectivity index (χ1n) is 6.41. The first kappa shape index (κ1) is 13.5. The van der Waals surface area contributed by atoms with Gasteiger partial charge < -0.3 is 9.72 Å². The molecule has 100 valence electrons. The van der Waals surface area contributed by atoms with Crippen LogP contribution in [0.2, 0.25) is 0 Å². The highest BCUT2D eigenvalue weighted by molar-refractivity contribution is 5.59. The molecule has 0 aliphatic rings. The van der Waals surface area contributed by atoms with Crippen molar-refractivity contribution in [3.8, 4) is 11.3 Å². The van der Waals surface area contributed by atoms with Gasteiger partial charge in [0.1, 0.15) is 12.4 Å². The monoisotopic (exact) mass is 258 g/mol. The van der Waals surface area contributed by atoms with E-state index in [0.29, 0.717) is 18.1 Å². The Kier molecular flexibility index (Phi) is 4.47. The summed E-state index contributed by atoms with van der Waals surface area (Å²) in [5, 5.41) is 0. The molecule has 4 heteroatoms. The van der Waals surface area contributed by atoms with Gasteiger partial charge in [0.25, 0.3) is 5.56 Å². The molecule has 0 amide bonds. The summed E-state index contributed by atoms with van der Waals surface area (Å²) < 4.78 is 5.00. The summed E-state index contributed by atoms with van der Waals surface area (Å²) in [4.78, 5) is 18.7. The van der Waals surface area contributed by atoms with Gasteiger partial charge in [-0.3, -0.25) is 4.79 Å². The van der Waals surface area contributed by atoms with Crippen molar-refractivity contribution >= 4 is 0 Å². The van der Waals surface area contributed by atoms with E-state index in [4.69, 9.17) is 4.74 Å². The zero-order chi connectivity index (χ0) is 13.7. The lowest BCUT2D eigenvalue weighted by Gasteiger charge is -2.06. The molecule has 0 spiro atoms. The van der Waals surface area contributed by atoms with E-state index in [9.17, 15) is 4.79 Å². The summed E-state index contributed by atoms with van der Waals surface area (Å²) in [6.45, 7) is 2.45. The Morgan fingerprint density at radius 2 is 2.16 bits per heavy atom. The van der Waals surface area contributed by atoms with Crippen molar-refractivity contribution in [3.05, 3.63) is 52.1 Å². The van der Waals surface area contributed by atoms with Crippen LogP contribution < -0.4 is 5.56 Å². The number of hydrogen-bond donors (Lipinski definition) is 1. The maximum Gasteiger partial charge on any atom is 0.251 e. The molecule has 1 heterocycles. The van der Waals surface area contributed by atoms with Crippen LogP contribution in [0.15, 0.2) is 35.1 Å². The number of aromatic nitrogens is 2. The number of hydrogen-bond acceptors (Lipinski definition) is 3. The van der Waals surface area contributed by atoms with Crippen LogP contribution in [0.25, 0.3) is 11.3 Å². The largest absolute Gasteiger partial charge is 0.377 e. The average molecular weight is 258 g/mol. The molecule has 0 atom stereocenters. The summed E-state index contributed by atoms with van der Waals surface area (Å²) in [6, 6.07) is 9.67. The molecular formula is C15H18N2O2. The minimum absolute atomic E-state index is 0.155. The third-order valence-electron chi connectivity index (χ3n) is 2.83. The summed E-state index contributed by atoms with van der Waals surface area (Å²) >= 11 is 0. The fraction of sp³-hybridized carbons (Fsp3) is 0.333. The van der Waals surface area contributed by atoms with Gasteiger partial charge in [0.15, 0.2) is 0 Å². The standard InChI is InChI=1S/C15H18N2O2/c1-3-5-11-6-4-7-12(8-11)13-9-15(18)17-14(16-13)10-19-2/h4,6-9H,3,5,10H2,1-2H3,(H,16,17,18). The normalized spacial score (nSPS) is 10.6. The molecule has 0 saturated carbocycles. The molecule has 19 heavy (non-hydrogen) atoms. The smallest absolute Gasteiger partial charge is 0.251 e. The lowest BCUT2D eigenvalue weighted by molar-refractivity contribution is 0.177. The highest BCUT2D eigenvalue weighted by Crippen LogP contribution is 2.18. The Hall–Kier alpha value is -1.94. The third kappa shape index (κ3) is 3.51. The van der Waals surface area contributed by atoms with Crippen molar-refractivity contribution in [2.75, 3.05) is 7.11 Å². The number of rotatable bonds is 5. The number of aryl methyl sites for hydroxylation is 1. The predicted molar refractivity (Wildman–Crippen MR) is 75.0 cm³/mol. The zero-order valence-electron chi connectivity index (χ0n) is 11.3. The number of benzene rings is 1. The third-order valence-corrected chi connectivity index (χ3v) is 2.83. The van der Waals surface area contributed by atoms with E-state index in [0.717, 1.165) is 18.4 Å². The molecular weight excluding hydrogens is 240 g/mol. The van der Waals surface area contributed by atoms with Crippen LogP contribution in [0.1, 0.15) is 24.7 Å². The topological polar surface area (TPSA) is 55.0 Å². The Morgan fingerprint density at radius 3 is 2.89 bits per heavy atom. The number of ether oxygens (including phenoxy) is 1.